The van der Waals surface area contributed by atoms with Gasteiger partial charge >= 0.3 is 0 Å². The highest BCUT2D eigenvalue weighted by molar-refractivity contribution is 6.40. The van der Waals surface area contributed by atoms with Gasteiger partial charge in [-0.25, -0.2) is 0 Å². The molecule has 0 fully saturated rings. The van der Waals surface area contributed by atoms with Crippen LogP contribution in [0.25, 0.3) is 0 Å². The van der Waals surface area contributed by atoms with E-state index in [-0.39, 0.29) is 5.91 Å². The molecule has 1 aliphatic rings. The second-order valence-corrected chi connectivity index (χ2v) is 5.41. The van der Waals surface area contributed by atoms with Crippen molar-refractivity contribution in [3.8, 4) is 0 Å². The molecule has 0 atom stereocenters. The molecule has 0 saturated carbocycles. The molecule has 0 aromatic heterocycles. The summed E-state index contributed by atoms with van der Waals surface area (Å²) in [4.78, 5) is 12.3. The minimum absolute atomic E-state index is 0.225. The predicted molar refractivity (Wildman–Crippen MR) is 83.1 cm³/mol. The van der Waals surface area contributed by atoms with Gasteiger partial charge in [0.05, 0.1) is 15.7 Å². The van der Waals surface area contributed by atoms with Gasteiger partial charge in [-0.05, 0) is 36.2 Å². The van der Waals surface area contributed by atoms with Gasteiger partial charge in [0, 0.05) is 17.8 Å². The maximum Gasteiger partial charge on any atom is 0.255 e. The third-order valence-corrected chi connectivity index (χ3v) is 3.91. The maximum atomic E-state index is 12.3. The van der Waals surface area contributed by atoms with Crippen LogP contribution in [-0.2, 0) is 6.42 Å². The highest BCUT2D eigenvalue weighted by atomic mass is 35.5. The van der Waals surface area contributed by atoms with Crippen molar-refractivity contribution in [3.63, 3.8) is 0 Å². The molecule has 3 rings (SSSR count). The van der Waals surface area contributed by atoms with Gasteiger partial charge in [-0.3, -0.25) is 4.79 Å². The van der Waals surface area contributed by atoms with Crippen LogP contribution in [0.15, 0.2) is 36.4 Å². The van der Waals surface area contributed by atoms with E-state index in [0.29, 0.717) is 21.3 Å². The van der Waals surface area contributed by atoms with Gasteiger partial charge < -0.3 is 10.6 Å². The maximum absolute atomic E-state index is 12.3. The molecule has 0 bridgehead atoms. The van der Waals surface area contributed by atoms with E-state index >= 15 is 0 Å². The van der Waals surface area contributed by atoms with Crippen molar-refractivity contribution < 1.29 is 4.79 Å². The lowest BCUT2D eigenvalue weighted by Crippen LogP contribution is -2.12. The van der Waals surface area contributed by atoms with E-state index < -0.39 is 0 Å². The fraction of sp³-hybridized carbons (Fsp3) is 0.133. The van der Waals surface area contributed by atoms with Crippen LogP contribution in [0.3, 0.4) is 0 Å². The molecule has 2 aromatic carbocycles. The normalized spacial score (nSPS) is 12.7. The predicted octanol–water partition coefficient (Wildman–Crippen LogP) is 4.21. The third-order valence-electron chi connectivity index (χ3n) is 3.28. The lowest BCUT2D eigenvalue weighted by atomic mass is 10.1. The number of rotatable bonds is 2. The number of anilines is 2. The number of halogens is 2. The average molecular weight is 307 g/mol. The molecule has 1 aliphatic heterocycles. The van der Waals surface area contributed by atoms with Crippen LogP contribution in [0.4, 0.5) is 11.4 Å². The molecular formula is C15H12Cl2N2O. The molecule has 3 nitrogen and oxygen atoms in total. The fourth-order valence-electron chi connectivity index (χ4n) is 2.24. The van der Waals surface area contributed by atoms with E-state index in [1.807, 2.05) is 18.2 Å². The monoisotopic (exact) mass is 306 g/mol. The highest BCUT2D eigenvalue weighted by Crippen LogP contribution is 2.30. The van der Waals surface area contributed by atoms with Crippen molar-refractivity contribution in [1.82, 2.24) is 0 Å². The molecule has 0 unspecified atom stereocenters. The first-order chi connectivity index (χ1) is 9.65. The zero-order valence-electron chi connectivity index (χ0n) is 10.5. The van der Waals surface area contributed by atoms with Crippen molar-refractivity contribution in [1.29, 1.82) is 0 Å². The van der Waals surface area contributed by atoms with E-state index in [1.165, 1.54) is 5.56 Å². The van der Waals surface area contributed by atoms with Crippen molar-refractivity contribution in [2.45, 2.75) is 6.42 Å². The number of carbonyl (C=O) groups is 1. The zero-order chi connectivity index (χ0) is 14.1. The van der Waals surface area contributed by atoms with Crippen molar-refractivity contribution in [2.75, 3.05) is 17.2 Å². The Kier molecular flexibility index (Phi) is 3.55. The van der Waals surface area contributed by atoms with Crippen LogP contribution in [0.5, 0.6) is 0 Å². The van der Waals surface area contributed by atoms with Crippen molar-refractivity contribution in [3.05, 3.63) is 57.6 Å². The first-order valence-corrected chi connectivity index (χ1v) is 7.03. The second kappa shape index (κ2) is 5.35. The molecule has 0 saturated heterocycles. The summed E-state index contributed by atoms with van der Waals surface area (Å²) in [5.41, 5.74) is 3.27. The highest BCUT2D eigenvalue weighted by Gasteiger charge is 2.15. The quantitative estimate of drug-likeness (QED) is 0.872. The summed E-state index contributed by atoms with van der Waals surface area (Å²) in [5.74, 6) is -0.225. The first-order valence-electron chi connectivity index (χ1n) is 6.27. The van der Waals surface area contributed by atoms with E-state index in [0.717, 1.165) is 18.7 Å². The number of nitrogens with one attached hydrogen (secondary N) is 2. The molecule has 1 amide bonds. The third kappa shape index (κ3) is 2.47. The first kappa shape index (κ1) is 13.3. The van der Waals surface area contributed by atoms with Crippen LogP contribution in [-0.4, -0.2) is 12.5 Å². The number of amides is 1. The number of carbonyl (C=O) groups excluding carboxylic acids is 1. The van der Waals surface area contributed by atoms with E-state index in [9.17, 15) is 4.79 Å². The van der Waals surface area contributed by atoms with Crippen LogP contribution in [0, 0.1) is 0 Å². The number of hydrogen-bond donors (Lipinski definition) is 2. The zero-order valence-corrected chi connectivity index (χ0v) is 12.1. The Hall–Kier alpha value is -1.71. The smallest absolute Gasteiger partial charge is 0.255 e. The van der Waals surface area contributed by atoms with Crippen molar-refractivity contribution in [2.24, 2.45) is 0 Å². The van der Waals surface area contributed by atoms with Gasteiger partial charge in [0.2, 0.25) is 0 Å². The molecule has 1 heterocycles. The van der Waals surface area contributed by atoms with Gasteiger partial charge in [-0.15, -0.1) is 0 Å². The summed E-state index contributed by atoms with van der Waals surface area (Å²) in [7, 11) is 0. The average Bonchev–Trinajstić information content (AvgIpc) is 2.90. The number of fused-ring (bicyclic) bond motifs is 1. The van der Waals surface area contributed by atoms with Crippen LogP contribution in [0.1, 0.15) is 15.9 Å². The molecule has 5 heteroatoms. The summed E-state index contributed by atoms with van der Waals surface area (Å²) < 4.78 is 0. The number of para-hydroxylation sites is 1. The second-order valence-electron chi connectivity index (χ2n) is 4.60. The Bertz CT molecular complexity index is 665. The van der Waals surface area contributed by atoms with Crippen LogP contribution in [0.2, 0.25) is 10.0 Å². The molecule has 102 valence electrons. The van der Waals surface area contributed by atoms with Crippen LogP contribution < -0.4 is 10.6 Å². The Balaban J connectivity index is 1.86. The van der Waals surface area contributed by atoms with Gasteiger partial charge in [0.15, 0.2) is 0 Å². The van der Waals surface area contributed by atoms with Gasteiger partial charge in [0.25, 0.3) is 5.91 Å². The molecule has 20 heavy (non-hydrogen) atoms. The Morgan fingerprint density at radius 2 is 1.90 bits per heavy atom. The minimum atomic E-state index is -0.225. The summed E-state index contributed by atoms with van der Waals surface area (Å²) >= 11 is 12.1. The topological polar surface area (TPSA) is 41.1 Å². The Morgan fingerprint density at radius 3 is 2.65 bits per heavy atom. The summed E-state index contributed by atoms with van der Waals surface area (Å²) in [6.45, 7) is 0.913. The summed E-state index contributed by atoms with van der Waals surface area (Å²) in [6.07, 6.45) is 0.994. The van der Waals surface area contributed by atoms with Gasteiger partial charge in [0.1, 0.15) is 0 Å². The Labute approximate surface area is 126 Å². The number of benzene rings is 2. The summed E-state index contributed by atoms with van der Waals surface area (Å²) in [5, 5.41) is 6.85. The van der Waals surface area contributed by atoms with Crippen molar-refractivity contribution >= 4 is 40.5 Å². The largest absolute Gasteiger partial charge is 0.384 e. The molecule has 0 spiro atoms. The minimum Gasteiger partial charge on any atom is -0.384 e. The molecule has 2 N–H and O–H groups in total. The van der Waals surface area contributed by atoms with Crippen LogP contribution >= 0.6 is 23.2 Å². The number of hydrogen-bond acceptors (Lipinski definition) is 2. The van der Waals surface area contributed by atoms with E-state index in [1.54, 1.807) is 18.2 Å². The Morgan fingerprint density at radius 1 is 1.15 bits per heavy atom. The molecule has 2 aromatic rings. The lowest BCUT2D eigenvalue weighted by Gasteiger charge is -2.10. The lowest BCUT2D eigenvalue weighted by molar-refractivity contribution is 0.102. The van der Waals surface area contributed by atoms with Gasteiger partial charge in [-0.1, -0.05) is 35.3 Å². The summed E-state index contributed by atoms with van der Waals surface area (Å²) in [6, 6.07) is 10.7. The fourth-order valence-corrected chi connectivity index (χ4v) is 2.73. The standard InChI is InChI=1S/C15H12Cl2N2O/c16-11-2-1-3-12(17)14(11)19-15(20)10-5-4-9-6-7-18-13(9)8-10/h1-5,8,18H,6-7H2,(H,19,20). The molecule has 0 aliphatic carbocycles. The van der Waals surface area contributed by atoms with E-state index in [2.05, 4.69) is 10.6 Å². The molecule has 0 radical (unpaired) electrons. The van der Waals surface area contributed by atoms with Gasteiger partial charge in [-0.2, -0.15) is 0 Å². The molecular weight excluding hydrogens is 295 g/mol. The SMILES string of the molecule is O=C(Nc1c(Cl)cccc1Cl)c1ccc2c(c1)NCC2. The van der Waals surface area contributed by atoms with E-state index in [4.69, 9.17) is 23.2 Å².